The van der Waals surface area contributed by atoms with Gasteiger partial charge in [-0.05, 0) is 53.9 Å². The Labute approximate surface area is 150 Å². The van der Waals surface area contributed by atoms with Crippen LogP contribution >= 0.6 is 0 Å². The second-order valence-corrected chi connectivity index (χ2v) is 5.63. The van der Waals surface area contributed by atoms with Crippen LogP contribution in [0.3, 0.4) is 0 Å². The summed E-state index contributed by atoms with van der Waals surface area (Å²) in [6.45, 7) is 1.76. The number of nitrogens with one attached hydrogen (secondary N) is 1. The Kier molecular flexibility index (Phi) is 5.39. The number of halogens is 1. The summed E-state index contributed by atoms with van der Waals surface area (Å²) < 4.78 is 12.9. The average molecular weight is 348 g/mol. The van der Waals surface area contributed by atoms with Crippen LogP contribution in [0.4, 0.5) is 14.9 Å². The van der Waals surface area contributed by atoms with E-state index in [0.29, 0.717) is 11.4 Å². The number of amides is 1. The highest BCUT2D eigenvalue weighted by atomic mass is 19.1. The topological polar surface area (TPSA) is 50.7 Å². The van der Waals surface area contributed by atoms with Gasteiger partial charge in [0.2, 0.25) is 0 Å². The van der Waals surface area contributed by atoms with Gasteiger partial charge in [0, 0.05) is 5.69 Å². The zero-order valence-electron chi connectivity index (χ0n) is 14.1. The van der Waals surface area contributed by atoms with E-state index in [1.54, 1.807) is 6.92 Å². The Morgan fingerprint density at radius 3 is 2.35 bits per heavy atom. The SMILES string of the molecule is C/C(=N\OC(=O)Nc1ccc(F)cc1)c1cccc(-c2ccccc2)c1. The minimum Gasteiger partial charge on any atom is -0.298 e. The van der Waals surface area contributed by atoms with Gasteiger partial charge in [-0.3, -0.25) is 10.2 Å². The van der Waals surface area contributed by atoms with E-state index in [2.05, 4.69) is 10.5 Å². The van der Waals surface area contributed by atoms with E-state index in [-0.39, 0.29) is 5.82 Å². The van der Waals surface area contributed by atoms with Gasteiger partial charge >= 0.3 is 6.09 Å². The maximum atomic E-state index is 12.9. The molecule has 0 saturated carbocycles. The molecule has 0 bridgehead atoms. The molecule has 1 amide bonds. The number of rotatable bonds is 4. The van der Waals surface area contributed by atoms with Gasteiger partial charge < -0.3 is 0 Å². The Morgan fingerprint density at radius 1 is 0.923 bits per heavy atom. The summed E-state index contributed by atoms with van der Waals surface area (Å²) in [5, 5.41) is 6.35. The van der Waals surface area contributed by atoms with Crippen LogP contribution in [0.25, 0.3) is 11.1 Å². The Bertz CT molecular complexity index is 922. The first kappa shape index (κ1) is 17.4. The van der Waals surface area contributed by atoms with Crippen molar-refractivity contribution in [1.82, 2.24) is 0 Å². The number of carbonyl (C=O) groups excluding carboxylic acids is 1. The number of hydrogen-bond donors (Lipinski definition) is 1. The van der Waals surface area contributed by atoms with Gasteiger partial charge in [-0.15, -0.1) is 0 Å². The van der Waals surface area contributed by atoms with Crippen LogP contribution in [0.1, 0.15) is 12.5 Å². The van der Waals surface area contributed by atoms with Crippen molar-refractivity contribution < 1.29 is 14.0 Å². The predicted molar refractivity (Wildman–Crippen MR) is 101 cm³/mol. The quantitative estimate of drug-likeness (QED) is 0.386. The first-order valence-corrected chi connectivity index (χ1v) is 8.06. The molecular weight excluding hydrogens is 331 g/mol. The smallest absolute Gasteiger partial charge is 0.298 e. The maximum absolute atomic E-state index is 12.9. The summed E-state index contributed by atoms with van der Waals surface area (Å²) in [6, 6.07) is 23.2. The molecule has 3 aromatic rings. The van der Waals surface area contributed by atoms with Gasteiger partial charge in [-0.1, -0.05) is 53.7 Å². The molecule has 0 heterocycles. The van der Waals surface area contributed by atoms with Gasteiger partial charge in [-0.25, -0.2) is 9.18 Å². The van der Waals surface area contributed by atoms with Crippen molar-refractivity contribution in [1.29, 1.82) is 0 Å². The van der Waals surface area contributed by atoms with Gasteiger partial charge in [0.25, 0.3) is 0 Å². The van der Waals surface area contributed by atoms with E-state index in [9.17, 15) is 9.18 Å². The minimum atomic E-state index is -0.741. The first-order valence-electron chi connectivity index (χ1n) is 8.06. The third kappa shape index (κ3) is 4.54. The Morgan fingerprint density at radius 2 is 1.62 bits per heavy atom. The van der Waals surface area contributed by atoms with Crippen LogP contribution in [0, 0.1) is 5.82 Å². The molecule has 26 heavy (non-hydrogen) atoms. The zero-order valence-corrected chi connectivity index (χ0v) is 14.1. The molecule has 0 aliphatic heterocycles. The highest BCUT2D eigenvalue weighted by molar-refractivity contribution is 5.99. The fraction of sp³-hybridized carbons (Fsp3) is 0.0476. The Hall–Kier alpha value is -3.47. The van der Waals surface area contributed by atoms with E-state index < -0.39 is 6.09 Å². The average Bonchev–Trinajstić information content (AvgIpc) is 2.69. The molecule has 5 heteroatoms. The van der Waals surface area contributed by atoms with Crippen LogP contribution in [0.5, 0.6) is 0 Å². The lowest BCUT2D eigenvalue weighted by atomic mass is 10.0. The van der Waals surface area contributed by atoms with Crippen molar-refractivity contribution in [2.75, 3.05) is 5.32 Å². The summed E-state index contributed by atoms with van der Waals surface area (Å²) in [4.78, 5) is 16.7. The van der Waals surface area contributed by atoms with Crippen LogP contribution in [-0.4, -0.2) is 11.8 Å². The number of carbonyl (C=O) groups is 1. The van der Waals surface area contributed by atoms with Crippen molar-refractivity contribution >= 4 is 17.5 Å². The molecule has 0 aliphatic rings. The highest BCUT2D eigenvalue weighted by Gasteiger charge is 2.06. The molecule has 130 valence electrons. The fourth-order valence-electron chi connectivity index (χ4n) is 2.39. The molecule has 1 N–H and O–H groups in total. The normalized spacial score (nSPS) is 11.1. The molecule has 0 atom stereocenters. The molecule has 4 nitrogen and oxygen atoms in total. The largest absolute Gasteiger partial charge is 0.437 e. The second kappa shape index (κ2) is 8.07. The van der Waals surface area contributed by atoms with E-state index in [0.717, 1.165) is 16.7 Å². The molecule has 0 aromatic heterocycles. The first-order chi connectivity index (χ1) is 12.6. The van der Waals surface area contributed by atoms with Crippen molar-refractivity contribution in [2.45, 2.75) is 6.92 Å². The lowest BCUT2D eigenvalue weighted by Gasteiger charge is -2.06. The molecule has 0 unspecified atom stereocenters. The molecule has 0 saturated heterocycles. The third-order valence-electron chi connectivity index (χ3n) is 3.74. The molecular formula is C21H17FN2O2. The standard InChI is InChI=1S/C21H17FN2O2/c1-15(24-26-21(25)23-20-12-10-19(22)11-13-20)17-8-5-9-18(14-17)16-6-3-2-4-7-16/h2-14H,1H3,(H,23,25)/b24-15+. The summed E-state index contributed by atoms with van der Waals surface area (Å²) in [5.41, 5.74) is 3.99. The molecule has 0 fully saturated rings. The van der Waals surface area contributed by atoms with Crippen LogP contribution < -0.4 is 5.32 Å². The second-order valence-electron chi connectivity index (χ2n) is 5.63. The van der Waals surface area contributed by atoms with Crippen molar-refractivity contribution in [3.8, 4) is 11.1 Å². The summed E-state index contributed by atoms with van der Waals surface area (Å²) in [6.07, 6.45) is -0.741. The molecule has 3 aromatic carbocycles. The maximum Gasteiger partial charge on any atom is 0.437 e. The van der Waals surface area contributed by atoms with E-state index in [4.69, 9.17) is 4.84 Å². The fourth-order valence-corrected chi connectivity index (χ4v) is 2.39. The molecule has 0 radical (unpaired) electrons. The Balaban J connectivity index is 1.67. The van der Waals surface area contributed by atoms with Crippen LogP contribution in [-0.2, 0) is 4.84 Å². The molecule has 3 rings (SSSR count). The van der Waals surface area contributed by atoms with Gasteiger partial charge in [0.1, 0.15) is 5.82 Å². The molecule has 0 spiro atoms. The third-order valence-corrected chi connectivity index (χ3v) is 3.74. The van der Waals surface area contributed by atoms with Crippen molar-refractivity contribution in [3.05, 3.63) is 90.2 Å². The van der Waals surface area contributed by atoms with Crippen molar-refractivity contribution in [3.63, 3.8) is 0 Å². The predicted octanol–water partition coefficient (Wildman–Crippen LogP) is 5.47. The lowest BCUT2D eigenvalue weighted by Crippen LogP contribution is -2.12. The number of nitrogens with zero attached hydrogens (tertiary/aromatic N) is 1. The van der Waals surface area contributed by atoms with Gasteiger partial charge in [-0.2, -0.15) is 0 Å². The minimum absolute atomic E-state index is 0.379. The van der Waals surface area contributed by atoms with Gasteiger partial charge in [0.05, 0.1) is 5.71 Å². The monoisotopic (exact) mass is 348 g/mol. The van der Waals surface area contributed by atoms with E-state index in [1.165, 1.54) is 24.3 Å². The number of hydrogen-bond acceptors (Lipinski definition) is 3. The number of benzene rings is 3. The zero-order chi connectivity index (χ0) is 18.4. The molecule has 0 aliphatic carbocycles. The van der Waals surface area contributed by atoms with Crippen LogP contribution in [0.15, 0.2) is 84.0 Å². The van der Waals surface area contributed by atoms with E-state index in [1.807, 2.05) is 54.6 Å². The lowest BCUT2D eigenvalue weighted by molar-refractivity contribution is 0.166. The number of oxime groups is 1. The number of anilines is 1. The summed E-state index contributed by atoms with van der Waals surface area (Å²) >= 11 is 0. The summed E-state index contributed by atoms with van der Waals surface area (Å²) in [7, 11) is 0. The highest BCUT2D eigenvalue weighted by Crippen LogP contribution is 2.20. The van der Waals surface area contributed by atoms with Gasteiger partial charge in [0.15, 0.2) is 0 Å². The van der Waals surface area contributed by atoms with Crippen LogP contribution in [0.2, 0.25) is 0 Å². The van der Waals surface area contributed by atoms with E-state index >= 15 is 0 Å². The summed E-state index contributed by atoms with van der Waals surface area (Å²) in [5.74, 6) is -0.379. The van der Waals surface area contributed by atoms with Crippen molar-refractivity contribution in [2.24, 2.45) is 5.16 Å².